The first kappa shape index (κ1) is 32.4. The lowest BCUT2D eigenvalue weighted by Crippen LogP contribution is -2.28. The van der Waals surface area contributed by atoms with E-state index < -0.39 is 27.4 Å². The molecule has 8 nitrogen and oxygen atoms in total. The van der Waals surface area contributed by atoms with E-state index in [4.69, 9.17) is 27.6 Å². The molecule has 0 aliphatic heterocycles. The Hall–Kier alpha value is -1.86. The molecule has 0 saturated heterocycles. The van der Waals surface area contributed by atoms with Gasteiger partial charge in [0.25, 0.3) is 0 Å². The summed E-state index contributed by atoms with van der Waals surface area (Å²) in [6.07, 6.45) is 1.75. The maximum absolute atomic E-state index is 13.2. The van der Waals surface area contributed by atoms with Gasteiger partial charge in [0.1, 0.15) is 12.2 Å². The van der Waals surface area contributed by atoms with Crippen LogP contribution in [-0.4, -0.2) is 38.6 Å². The molecule has 0 spiro atoms. The van der Waals surface area contributed by atoms with Crippen molar-refractivity contribution >= 4 is 15.2 Å². The summed E-state index contributed by atoms with van der Waals surface area (Å²) in [5.41, 5.74) is 1.90. The summed E-state index contributed by atoms with van der Waals surface area (Å²) in [5.74, 6) is 2.79. The van der Waals surface area contributed by atoms with Crippen molar-refractivity contribution in [2.24, 2.45) is 0 Å². The Morgan fingerprint density at radius 2 is 0.895 bits per heavy atom. The Balaban J connectivity index is 2.42. The van der Waals surface area contributed by atoms with Crippen molar-refractivity contribution in [2.75, 3.05) is 26.4 Å². The van der Waals surface area contributed by atoms with Gasteiger partial charge in [-0.1, -0.05) is 60.7 Å². The molecule has 0 saturated carbocycles. The number of hydrogen-bond donors (Lipinski definition) is 0. The van der Waals surface area contributed by atoms with E-state index in [-0.39, 0.29) is 39.6 Å². The van der Waals surface area contributed by atoms with Crippen molar-refractivity contribution in [1.29, 1.82) is 0 Å². The smallest absolute Gasteiger partial charge is 0.353 e. The second-order valence-corrected chi connectivity index (χ2v) is 11.7. The molecule has 0 amide bonds. The van der Waals surface area contributed by atoms with Crippen molar-refractivity contribution in [3.8, 4) is 0 Å². The third kappa shape index (κ3) is 11.9. The molecule has 2 rings (SSSR count). The Kier molecular flexibility index (Phi) is 15.0. The van der Waals surface area contributed by atoms with Crippen molar-refractivity contribution in [3.05, 3.63) is 95.6 Å². The van der Waals surface area contributed by atoms with Crippen LogP contribution in [0.2, 0.25) is 0 Å². The molecule has 0 unspecified atom stereocenters. The molecule has 0 N–H and O–H groups in total. The van der Waals surface area contributed by atoms with E-state index in [1.807, 2.05) is 60.7 Å². The van der Waals surface area contributed by atoms with Gasteiger partial charge in [-0.05, 0) is 51.0 Å². The first-order valence-electron chi connectivity index (χ1n) is 12.8. The molecule has 0 radical (unpaired) electrons. The van der Waals surface area contributed by atoms with Crippen LogP contribution in [0.3, 0.4) is 0 Å². The van der Waals surface area contributed by atoms with Gasteiger partial charge < -0.3 is 27.6 Å². The van der Waals surface area contributed by atoms with Gasteiger partial charge in [0.2, 0.25) is 0 Å². The standard InChI is InChI=1S/C28H40O8P2/c1-5-33-37(29,34-6-2)21-19-27(31-23-25-15-11-9-12-16-25)28(32-24-26-17-13-10-14-18-26)20-22-38(30,35-7-3)36-8-4/h9-22,27-28H,5-8,23-24H2,1-4H3/b21-19+,22-20+/t27-,28-/m0/s1. The zero-order valence-electron chi connectivity index (χ0n) is 22.6. The quantitative estimate of drug-likeness (QED) is 0.160. The van der Waals surface area contributed by atoms with Gasteiger partial charge in [0.05, 0.1) is 39.6 Å². The third-order valence-corrected chi connectivity index (χ3v) is 8.59. The summed E-state index contributed by atoms with van der Waals surface area (Å²) < 4.78 is 60.5. The monoisotopic (exact) mass is 566 g/mol. The molecule has 0 heterocycles. The second kappa shape index (κ2) is 17.7. The maximum Gasteiger partial charge on any atom is 0.353 e. The summed E-state index contributed by atoms with van der Waals surface area (Å²) >= 11 is 0. The Morgan fingerprint density at radius 3 is 1.18 bits per heavy atom. The fourth-order valence-corrected chi connectivity index (χ4v) is 6.09. The summed E-state index contributed by atoms with van der Waals surface area (Å²) in [6.45, 7) is 8.38. The van der Waals surface area contributed by atoms with E-state index in [9.17, 15) is 9.13 Å². The minimum absolute atomic E-state index is 0.219. The van der Waals surface area contributed by atoms with E-state index >= 15 is 0 Å². The van der Waals surface area contributed by atoms with Gasteiger partial charge in [-0.2, -0.15) is 0 Å². The van der Waals surface area contributed by atoms with Crippen molar-refractivity contribution in [3.63, 3.8) is 0 Å². The first-order valence-corrected chi connectivity index (χ1v) is 16.1. The molecule has 2 aromatic rings. The zero-order valence-corrected chi connectivity index (χ0v) is 24.4. The molecule has 2 atom stereocenters. The van der Waals surface area contributed by atoms with Gasteiger partial charge in [0.15, 0.2) is 0 Å². The lowest BCUT2D eigenvalue weighted by atomic mass is 10.1. The van der Waals surface area contributed by atoms with E-state index in [0.717, 1.165) is 11.1 Å². The van der Waals surface area contributed by atoms with Crippen LogP contribution in [0, 0.1) is 0 Å². The van der Waals surface area contributed by atoms with Gasteiger partial charge >= 0.3 is 15.2 Å². The molecule has 0 bridgehead atoms. The second-order valence-electron chi connectivity index (χ2n) is 7.96. The van der Waals surface area contributed by atoms with Gasteiger partial charge in [0, 0.05) is 11.6 Å². The first-order chi connectivity index (χ1) is 18.4. The average molecular weight is 567 g/mol. The van der Waals surface area contributed by atoms with Crippen molar-refractivity contribution in [1.82, 2.24) is 0 Å². The highest BCUT2D eigenvalue weighted by atomic mass is 31.2. The molecular formula is C28H40O8P2. The van der Waals surface area contributed by atoms with Crippen molar-refractivity contribution < 1.29 is 36.7 Å². The minimum atomic E-state index is -3.50. The Morgan fingerprint density at radius 1 is 0.579 bits per heavy atom. The lowest BCUT2D eigenvalue weighted by Gasteiger charge is -2.24. The lowest BCUT2D eigenvalue weighted by molar-refractivity contribution is -0.0420. The minimum Gasteiger partial charge on any atom is -0.366 e. The Labute approximate surface area is 227 Å². The highest BCUT2D eigenvalue weighted by Gasteiger charge is 2.26. The number of hydrogen-bond acceptors (Lipinski definition) is 8. The fourth-order valence-electron chi connectivity index (χ4n) is 3.40. The largest absolute Gasteiger partial charge is 0.366 e. The highest BCUT2D eigenvalue weighted by Crippen LogP contribution is 2.51. The third-order valence-electron chi connectivity index (χ3n) is 5.05. The number of rotatable bonds is 19. The van der Waals surface area contributed by atoms with Gasteiger partial charge in [-0.25, -0.2) is 0 Å². The normalized spacial score (nSPS) is 14.3. The van der Waals surface area contributed by atoms with Gasteiger partial charge in [-0.3, -0.25) is 9.13 Å². The predicted molar refractivity (Wildman–Crippen MR) is 150 cm³/mol. The summed E-state index contributed by atoms with van der Waals surface area (Å²) in [6, 6.07) is 19.3. The van der Waals surface area contributed by atoms with Crippen LogP contribution in [-0.2, 0) is 49.9 Å². The Bertz CT molecular complexity index is 954. The van der Waals surface area contributed by atoms with E-state index in [1.54, 1.807) is 39.8 Å². The SMILES string of the molecule is CCOP(=O)(/C=C/[C@H](OCc1ccccc1)[C@H](/C=C/P(=O)(OCC)OCC)OCc1ccccc1)OCC. The van der Waals surface area contributed by atoms with Crippen LogP contribution >= 0.6 is 15.2 Å². The molecule has 0 aromatic heterocycles. The molecule has 2 aromatic carbocycles. The summed E-state index contributed by atoms with van der Waals surface area (Å²) in [5, 5.41) is 0. The van der Waals surface area contributed by atoms with E-state index in [2.05, 4.69) is 0 Å². The van der Waals surface area contributed by atoms with E-state index in [0.29, 0.717) is 0 Å². The zero-order chi connectivity index (χ0) is 27.7. The fraction of sp³-hybridized carbons (Fsp3) is 0.429. The van der Waals surface area contributed by atoms with Crippen LogP contribution in [0.15, 0.2) is 84.4 Å². The molecule has 210 valence electrons. The van der Waals surface area contributed by atoms with Crippen LogP contribution in [0.1, 0.15) is 38.8 Å². The molecular weight excluding hydrogens is 526 g/mol. The summed E-state index contributed by atoms with van der Waals surface area (Å²) in [4.78, 5) is 0. The summed E-state index contributed by atoms with van der Waals surface area (Å²) in [7, 11) is -7.01. The molecule has 0 fully saturated rings. The molecule has 10 heteroatoms. The van der Waals surface area contributed by atoms with Crippen LogP contribution in [0.4, 0.5) is 0 Å². The van der Waals surface area contributed by atoms with Crippen molar-refractivity contribution in [2.45, 2.75) is 53.1 Å². The maximum atomic E-state index is 13.2. The van der Waals surface area contributed by atoms with E-state index in [1.165, 1.54) is 11.6 Å². The molecule has 38 heavy (non-hydrogen) atoms. The van der Waals surface area contributed by atoms with Crippen LogP contribution in [0.5, 0.6) is 0 Å². The topological polar surface area (TPSA) is 89.5 Å². The number of benzene rings is 2. The molecule has 0 aliphatic rings. The predicted octanol–water partition coefficient (Wildman–Crippen LogP) is 7.72. The van der Waals surface area contributed by atoms with Crippen LogP contribution < -0.4 is 0 Å². The number of ether oxygens (including phenoxy) is 2. The highest BCUT2D eigenvalue weighted by molar-refractivity contribution is 7.57. The van der Waals surface area contributed by atoms with Crippen LogP contribution in [0.25, 0.3) is 0 Å². The van der Waals surface area contributed by atoms with Gasteiger partial charge in [-0.15, -0.1) is 0 Å². The average Bonchev–Trinajstić information content (AvgIpc) is 2.91. The molecule has 0 aliphatic carbocycles.